The third-order valence-corrected chi connectivity index (χ3v) is 2.30. The number of nitrogens with two attached hydrogens (primary N) is 1. The topological polar surface area (TPSA) is 44.5 Å². The van der Waals surface area contributed by atoms with Crippen LogP contribution >= 0.6 is 12.4 Å². The molecular formula is C10H14ClNO2. The van der Waals surface area contributed by atoms with E-state index in [9.17, 15) is 0 Å². The van der Waals surface area contributed by atoms with Gasteiger partial charge in [-0.3, -0.25) is 0 Å². The first kappa shape index (κ1) is 11.3. The van der Waals surface area contributed by atoms with Crippen molar-refractivity contribution in [2.24, 2.45) is 5.73 Å². The molecule has 0 aliphatic carbocycles. The van der Waals surface area contributed by atoms with E-state index in [0.717, 1.165) is 16.9 Å². The third kappa shape index (κ3) is 1.85. The van der Waals surface area contributed by atoms with Crippen molar-refractivity contribution in [2.45, 2.75) is 12.6 Å². The summed E-state index contributed by atoms with van der Waals surface area (Å²) < 4.78 is 10.6. The summed E-state index contributed by atoms with van der Waals surface area (Å²) in [5.74, 6) is 0.869. The van der Waals surface area contributed by atoms with Gasteiger partial charge in [0, 0.05) is 5.56 Å². The quantitative estimate of drug-likeness (QED) is 0.775. The molecule has 78 valence electrons. The molecule has 1 unspecified atom stereocenters. The number of halogens is 1. The van der Waals surface area contributed by atoms with E-state index >= 15 is 0 Å². The Labute approximate surface area is 89.6 Å². The lowest BCUT2D eigenvalue weighted by Gasteiger charge is -2.24. The van der Waals surface area contributed by atoms with Crippen molar-refractivity contribution in [3.8, 4) is 5.75 Å². The summed E-state index contributed by atoms with van der Waals surface area (Å²) in [6, 6.07) is 5.86. The Hall–Kier alpha value is -0.770. The lowest BCUT2D eigenvalue weighted by molar-refractivity contribution is 0.0911. The number of ether oxygens (including phenoxy) is 2. The summed E-state index contributed by atoms with van der Waals surface area (Å²) in [7, 11) is 1.66. The molecule has 0 aromatic heterocycles. The van der Waals surface area contributed by atoms with E-state index in [1.165, 1.54) is 0 Å². The molecule has 3 nitrogen and oxygen atoms in total. The van der Waals surface area contributed by atoms with Crippen LogP contribution in [0.3, 0.4) is 0 Å². The van der Waals surface area contributed by atoms with Crippen LogP contribution in [-0.2, 0) is 11.3 Å². The maximum absolute atomic E-state index is 5.92. The molecule has 1 atom stereocenters. The zero-order valence-electron chi connectivity index (χ0n) is 8.03. The Bertz CT molecular complexity index is 303. The number of methoxy groups -OCH3 is 1. The number of rotatable bonds is 1. The van der Waals surface area contributed by atoms with E-state index in [0.29, 0.717) is 13.2 Å². The lowest BCUT2D eigenvalue weighted by Crippen LogP contribution is -2.24. The fraction of sp³-hybridized carbons (Fsp3) is 0.400. The van der Waals surface area contributed by atoms with Gasteiger partial charge in [0.05, 0.1) is 26.4 Å². The predicted octanol–water partition coefficient (Wildman–Crippen LogP) is 1.65. The van der Waals surface area contributed by atoms with Crippen LogP contribution in [0.1, 0.15) is 17.2 Å². The van der Waals surface area contributed by atoms with Gasteiger partial charge in [0.2, 0.25) is 0 Å². The molecule has 1 aliphatic rings. The third-order valence-electron chi connectivity index (χ3n) is 2.30. The molecule has 2 rings (SSSR count). The highest BCUT2D eigenvalue weighted by atomic mass is 35.5. The first-order chi connectivity index (χ1) is 6.33. The Balaban J connectivity index is 0.000000980. The largest absolute Gasteiger partial charge is 0.496 e. The van der Waals surface area contributed by atoms with Crippen molar-refractivity contribution in [2.75, 3.05) is 13.7 Å². The molecule has 0 radical (unpaired) electrons. The summed E-state index contributed by atoms with van der Waals surface area (Å²) >= 11 is 0. The van der Waals surface area contributed by atoms with Gasteiger partial charge in [0.25, 0.3) is 0 Å². The standard InChI is InChI=1S/C10H13NO2.ClH/c1-12-9-4-2-3-7-5-13-6-8(11)10(7)9;/h2-4,8H,5-6,11H2,1H3;1H. The Morgan fingerprint density at radius 2 is 2.29 bits per heavy atom. The number of benzene rings is 1. The van der Waals surface area contributed by atoms with Crippen LogP contribution in [-0.4, -0.2) is 13.7 Å². The number of hydrogen-bond donors (Lipinski definition) is 1. The highest BCUT2D eigenvalue weighted by Crippen LogP contribution is 2.31. The molecule has 1 aromatic carbocycles. The molecule has 0 spiro atoms. The maximum atomic E-state index is 5.92. The average molecular weight is 216 g/mol. The second-order valence-corrected chi connectivity index (χ2v) is 3.15. The van der Waals surface area contributed by atoms with Gasteiger partial charge in [-0.05, 0) is 11.6 Å². The molecule has 0 fully saturated rings. The van der Waals surface area contributed by atoms with Crippen molar-refractivity contribution in [1.29, 1.82) is 0 Å². The van der Waals surface area contributed by atoms with Crippen LogP contribution in [0.15, 0.2) is 18.2 Å². The number of fused-ring (bicyclic) bond motifs is 1. The SMILES string of the molecule is COc1cccc2c1C(N)COC2.Cl. The van der Waals surface area contributed by atoms with Crippen molar-refractivity contribution in [1.82, 2.24) is 0 Å². The first-order valence-electron chi connectivity index (χ1n) is 4.32. The monoisotopic (exact) mass is 215 g/mol. The molecule has 0 saturated heterocycles. The first-order valence-corrected chi connectivity index (χ1v) is 4.32. The van der Waals surface area contributed by atoms with E-state index in [4.69, 9.17) is 15.2 Å². The average Bonchev–Trinajstić information content (AvgIpc) is 2.17. The molecule has 0 saturated carbocycles. The van der Waals surface area contributed by atoms with Gasteiger partial charge < -0.3 is 15.2 Å². The molecule has 2 N–H and O–H groups in total. The molecule has 1 heterocycles. The van der Waals surface area contributed by atoms with Crippen molar-refractivity contribution >= 4 is 12.4 Å². The number of hydrogen-bond acceptors (Lipinski definition) is 3. The van der Waals surface area contributed by atoms with Crippen LogP contribution in [0.2, 0.25) is 0 Å². The fourth-order valence-electron chi connectivity index (χ4n) is 1.69. The van der Waals surface area contributed by atoms with Gasteiger partial charge in [0.15, 0.2) is 0 Å². The van der Waals surface area contributed by atoms with E-state index in [1.807, 2.05) is 18.2 Å². The molecule has 0 bridgehead atoms. The summed E-state index contributed by atoms with van der Waals surface area (Å²) in [5, 5.41) is 0. The predicted molar refractivity (Wildman–Crippen MR) is 56.8 cm³/mol. The molecule has 1 aromatic rings. The van der Waals surface area contributed by atoms with Gasteiger partial charge >= 0.3 is 0 Å². The van der Waals surface area contributed by atoms with E-state index < -0.39 is 0 Å². The van der Waals surface area contributed by atoms with Gasteiger partial charge in [0.1, 0.15) is 5.75 Å². The minimum absolute atomic E-state index is 0. The van der Waals surface area contributed by atoms with E-state index in [-0.39, 0.29) is 18.4 Å². The van der Waals surface area contributed by atoms with Gasteiger partial charge in [-0.2, -0.15) is 0 Å². The van der Waals surface area contributed by atoms with Crippen LogP contribution < -0.4 is 10.5 Å². The summed E-state index contributed by atoms with van der Waals surface area (Å²) in [5.41, 5.74) is 8.15. The van der Waals surface area contributed by atoms with Gasteiger partial charge in [-0.25, -0.2) is 0 Å². The molecule has 14 heavy (non-hydrogen) atoms. The van der Waals surface area contributed by atoms with Crippen molar-refractivity contribution < 1.29 is 9.47 Å². The Morgan fingerprint density at radius 3 is 3.00 bits per heavy atom. The minimum atomic E-state index is -0.0556. The highest BCUT2D eigenvalue weighted by Gasteiger charge is 2.20. The highest BCUT2D eigenvalue weighted by molar-refractivity contribution is 5.85. The minimum Gasteiger partial charge on any atom is -0.496 e. The van der Waals surface area contributed by atoms with Crippen molar-refractivity contribution in [3.63, 3.8) is 0 Å². The summed E-state index contributed by atoms with van der Waals surface area (Å²) in [6.45, 7) is 1.22. The zero-order chi connectivity index (χ0) is 9.26. The fourth-order valence-corrected chi connectivity index (χ4v) is 1.69. The Morgan fingerprint density at radius 1 is 1.50 bits per heavy atom. The maximum Gasteiger partial charge on any atom is 0.124 e. The molecule has 4 heteroatoms. The zero-order valence-corrected chi connectivity index (χ0v) is 8.84. The van der Waals surface area contributed by atoms with Crippen molar-refractivity contribution in [3.05, 3.63) is 29.3 Å². The van der Waals surface area contributed by atoms with Crippen LogP contribution in [0.4, 0.5) is 0 Å². The van der Waals surface area contributed by atoms with Crippen LogP contribution in [0.25, 0.3) is 0 Å². The smallest absolute Gasteiger partial charge is 0.124 e. The van der Waals surface area contributed by atoms with Gasteiger partial charge in [-0.1, -0.05) is 12.1 Å². The van der Waals surface area contributed by atoms with E-state index in [2.05, 4.69) is 0 Å². The Kier molecular flexibility index (Phi) is 3.75. The second-order valence-electron chi connectivity index (χ2n) is 3.15. The van der Waals surface area contributed by atoms with Crippen LogP contribution in [0.5, 0.6) is 5.75 Å². The van der Waals surface area contributed by atoms with Crippen LogP contribution in [0, 0.1) is 0 Å². The summed E-state index contributed by atoms with van der Waals surface area (Å²) in [4.78, 5) is 0. The normalized spacial score (nSPS) is 19.4. The lowest BCUT2D eigenvalue weighted by atomic mass is 9.98. The molecular weight excluding hydrogens is 202 g/mol. The van der Waals surface area contributed by atoms with Gasteiger partial charge in [-0.15, -0.1) is 12.4 Å². The second kappa shape index (κ2) is 4.64. The van der Waals surface area contributed by atoms with E-state index in [1.54, 1.807) is 7.11 Å². The molecule has 0 amide bonds. The summed E-state index contributed by atoms with van der Waals surface area (Å²) in [6.07, 6.45) is 0. The molecule has 1 aliphatic heterocycles.